The van der Waals surface area contributed by atoms with E-state index in [2.05, 4.69) is 5.32 Å². The summed E-state index contributed by atoms with van der Waals surface area (Å²) in [6, 6.07) is 3.87. The van der Waals surface area contributed by atoms with Crippen molar-refractivity contribution in [2.24, 2.45) is 5.73 Å². The molecule has 0 aromatic heterocycles. The van der Waals surface area contributed by atoms with Crippen LogP contribution in [0.25, 0.3) is 0 Å². The van der Waals surface area contributed by atoms with Crippen LogP contribution in [0.2, 0.25) is 0 Å². The molecule has 1 aromatic carbocycles. The van der Waals surface area contributed by atoms with E-state index in [1.807, 2.05) is 0 Å². The van der Waals surface area contributed by atoms with E-state index in [4.69, 9.17) is 10.5 Å². The lowest BCUT2D eigenvalue weighted by Crippen LogP contribution is -2.54. The van der Waals surface area contributed by atoms with Crippen LogP contribution in [0.4, 0.5) is 28.9 Å². The van der Waals surface area contributed by atoms with Gasteiger partial charge in [-0.3, -0.25) is 19.3 Å². The van der Waals surface area contributed by atoms with Gasteiger partial charge < -0.3 is 20.7 Å². The Bertz CT molecular complexity index is 723. The molecule has 12 heteroatoms. The molecule has 0 radical (unpaired) electrons. The number of nitrogens with one attached hydrogen (secondary N) is 1. The number of hydrogen-bond acceptors (Lipinski definition) is 5. The highest BCUT2D eigenvalue weighted by atomic mass is 19.3. The Kier molecular flexibility index (Phi) is 7.91. The van der Waals surface area contributed by atoms with Crippen LogP contribution in [0.1, 0.15) is 0 Å². The minimum absolute atomic E-state index is 0.0527. The molecule has 0 aliphatic carbocycles. The van der Waals surface area contributed by atoms with Gasteiger partial charge in [0.15, 0.2) is 6.04 Å². The molecule has 0 unspecified atom stereocenters. The van der Waals surface area contributed by atoms with E-state index < -0.39 is 43.8 Å². The van der Waals surface area contributed by atoms with Crippen molar-refractivity contribution in [3.05, 3.63) is 24.3 Å². The summed E-state index contributed by atoms with van der Waals surface area (Å²) in [6.45, 7) is -1.77. The summed E-state index contributed by atoms with van der Waals surface area (Å²) in [5.74, 6) is -2.69. The zero-order valence-corrected chi connectivity index (χ0v) is 15.2. The minimum Gasteiger partial charge on any atom is -0.370 e. The molecule has 1 aliphatic rings. The largest absolute Gasteiger partial charge is 0.370 e. The summed E-state index contributed by atoms with van der Waals surface area (Å²) in [5.41, 5.74) is 5.80. The molecule has 3 amide bonds. The average Bonchev–Trinajstić information content (AvgIpc) is 2.61. The second kappa shape index (κ2) is 10.2. The molecule has 1 fully saturated rings. The highest BCUT2D eigenvalue weighted by Gasteiger charge is 2.34. The highest BCUT2D eigenvalue weighted by molar-refractivity contribution is 6.09. The summed E-state index contributed by atoms with van der Waals surface area (Å²) in [4.78, 5) is 37.6. The Morgan fingerprint density at radius 1 is 1.14 bits per heavy atom. The number of primary amides is 1. The van der Waals surface area contributed by atoms with Crippen molar-refractivity contribution in [2.45, 2.75) is 18.9 Å². The van der Waals surface area contributed by atoms with Crippen molar-refractivity contribution in [1.82, 2.24) is 4.90 Å². The van der Waals surface area contributed by atoms with Gasteiger partial charge in [0, 0.05) is 17.9 Å². The maximum absolute atomic E-state index is 12.7. The van der Waals surface area contributed by atoms with Crippen LogP contribution in [0, 0.1) is 0 Å². The predicted molar refractivity (Wildman–Crippen MR) is 94.8 cm³/mol. The molecule has 3 N–H and O–H groups in total. The van der Waals surface area contributed by atoms with E-state index in [0.29, 0.717) is 23.7 Å². The molecule has 1 aromatic rings. The van der Waals surface area contributed by atoms with Crippen molar-refractivity contribution >= 4 is 29.1 Å². The van der Waals surface area contributed by atoms with E-state index in [1.54, 1.807) is 0 Å². The summed E-state index contributed by atoms with van der Waals surface area (Å²) in [6.07, 6.45) is -6.09. The summed E-state index contributed by atoms with van der Waals surface area (Å²) >= 11 is 0. The SMILES string of the molecule is NC(=O)[C@@H](C(=O)Nc1ccc(N2CCOCC2=O)cc1)N(CC(F)F)CC(F)F. The summed E-state index contributed by atoms with van der Waals surface area (Å²) in [5, 5.41) is 2.29. The monoisotopic (exact) mass is 420 g/mol. The first kappa shape index (κ1) is 22.6. The number of nitrogens with zero attached hydrogens (tertiary/aromatic N) is 2. The quantitative estimate of drug-likeness (QED) is 0.452. The molecule has 160 valence electrons. The first-order valence-electron chi connectivity index (χ1n) is 8.57. The summed E-state index contributed by atoms with van der Waals surface area (Å²) in [7, 11) is 0. The van der Waals surface area contributed by atoms with Crippen molar-refractivity contribution in [3.63, 3.8) is 0 Å². The van der Waals surface area contributed by atoms with Gasteiger partial charge in [-0.15, -0.1) is 0 Å². The average molecular weight is 420 g/mol. The van der Waals surface area contributed by atoms with E-state index in [1.165, 1.54) is 29.2 Å². The van der Waals surface area contributed by atoms with Crippen molar-refractivity contribution in [2.75, 3.05) is 43.1 Å². The van der Waals surface area contributed by atoms with Crippen LogP contribution < -0.4 is 16.0 Å². The van der Waals surface area contributed by atoms with Crippen LogP contribution in [-0.4, -0.2) is 74.4 Å². The number of amides is 3. The molecule has 1 heterocycles. The molecule has 1 saturated heterocycles. The smallest absolute Gasteiger partial charge is 0.253 e. The lowest BCUT2D eigenvalue weighted by Gasteiger charge is -2.28. The van der Waals surface area contributed by atoms with Gasteiger partial charge in [0.1, 0.15) is 6.61 Å². The number of anilines is 2. The standard InChI is InChI=1S/C17H20F4N4O4/c18-12(19)7-24(8-13(20)21)15(16(22)27)17(28)23-10-1-3-11(4-2-10)25-5-6-29-9-14(25)26/h1-4,12-13,15H,5-9H2,(H2,22,27)(H,23,28)/t15-/m0/s1. The second-order valence-electron chi connectivity index (χ2n) is 6.18. The number of morpholine rings is 1. The lowest BCUT2D eigenvalue weighted by atomic mass is 10.2. The van der Waals surface area contributed by atoms with E-state index in [-0.39, 0.29) is 18.2 Å². The van der Waals surface area contributed by atoms with E-state index in [0.717, 1.165) is 0 Å². The van der Waals surface area contributed by atoms with Gasteiger partial charge in [0.05, 0.1) is 19.7 Å². The predicted octanol–water partition coefficient (Wildman–Crippen LogP) is 0.674. The maximum Gasteiger partial charge on any atom is 0.253 e. The molecule has 1 atom stereocenters. The first-order valence-corrected chi connectivity index (χ1v) is 8.57. The number of carbonyl (C=O) groups is 3. The Morgan fingerprint density at radius 3 is 2.21 bits per heavy atom. The fourth-order valence-electron chi connectivity index (χ4n) is 2.84. The van der Waals surface area contributed by atoms with Crippen molar-refractivity contribution < 1.29 is 36.7 Å². The molecule has 0 spiro atoms. The van der Waals surface area contributed by atoms with Gasteiger partial charge in [-0.2, -0.15) is 0 Å². The third-order valence-corrected chi connectivity index (χ3v) is 4.06. The van der Waals surface area contributed by atoms with Gasteiger partial charge in [-0.1, -0.05) is 0 Å². The molecular weight excluding hydrogens is 400 g/mol. The molecular formula is C17H20F4N4O4. The van der Waals surface area contributed by atoms with E-state index in [9.17, 15) is 31.9 Å². The van der Waals surface area contributed by atoms with Gasteiger partial charge in [-0.25, -0.2) is 17.6 Å². The van der Waals surface area contributed by atoms with Crippen LogP contribution in [0.15, 0.2) is 24.3 Å². The minimum atomic E-state index is -3.05. The zero-order valence-electron chi connectivity index (χ0n) is 15.2. The van der Waals surface area contributed by atoms with Crippen LogP contribution in [0.5, 0.6) is 0 Å². The Hall–Kier alpha value is -2.73. The Labute approximate surface area is 163 Å². The van der Waals surface area contributed by atoms with Gasteiger partial charge >= 0.3 is 0 Å². The number of hydrogen-bond donors (Lipinski definition) is 2. The molecule has 0 saturated carbocycles. The number of alkyl halides is 4. The van der Waals surface area contributed by atoms with Gasteiger partial charge in [-0.05, 0) is 24.3 Å². The van der Waals surface area contributed by atoms with Crippen LogP contribution in [0.3, 0.4) is 0 Å². The fourth-order valence-corrected chi connectivity index (χ4v) is 2.84. The zero-order chi connectivity index (χ0) is 21.6. The molecule has 0 bridgehead atoms. The fraction of sp³-hybridized carbons (Fsp3) is 0.471. The van der Waals surface area contributed by atoms with Gasteiger partial charge in [0.25, 0.3) is 24.7 Å². The number of nitrogens with two attached hydrogens (primary N) is 1. The topological polar surface area (TPSA) is 105 Å². The summed E-state index contributed by atoms with van der Waals surface area (Å²) < 4.78 is 55.8. The Balaban J connectivity index is 2.12. The molecule has 29 heavy (non-hydrogen) atoms. The third kappa shape index (κ3) is 6.39. The lowest BCUT2D eigenvalue weighted by molar-refractivity contribution is -0.134. The number of rotatable bonds is 9. The van der Waals surface area contributed by atoms with Gasteiger partial charge in [0.2, 0.25) is 5.91 Å². The van der Waals surface area contributed by atoms with E-state index >= 15 is 0 Å². The van der Waals surface area contributed by atoms with Crippen molar-refractivity contribution in [1.29, 1.82) is 0 Å². The number of ether oxygens (including phenoxy) is 1. The number of halogens is 4. The second-order valence-corrected chi connectivity index (χ2v) is 6.18. The number of benzene rings is 1. The normalized spacial score (nSPS) is 15.8. The van der Waals surface area contributed by atoms with Crippen LogP contribution in [-0.2, 0) is 19.1 Å². The Morgan fingerprint density at radius 2 is 1.72 bits per heavy atom. The third-order valence-electron chi connectivity index (χ3n) is 4.06. The molecule has 8 nitrogen and oxygen atoms in total. The van der Waals surface area contributed by atoms with Crippen LogP contribution >= 0.6 is 0 Å². The molecule has 1 aliphatic heterocycles. The highest BCUT2D eigenvalue weighted by Crippen LogP contribution is 2.20. The molecule has 2 rings (SSSR count). The first-order chi connectivity index (χ1) is 13.7. The maximum atomic E-state index is 12.7. The number of carbonyl (C=O) groups excluding carboxylic acids is 3. The van der Waals surface area contributed by atoms with Crippen molar-refractivity contribution in [3.8, 4) is 0 Å².